The molecule has 1 heterocycles. The molecule has 0 bridgehead atoms. The smallest absolute Gasteiger partial charge is 0.451 e. The van der Waals surface area contributed by atoms with Crippen LogP contribution >= 0.6 is 0 Å². The van der Waals surface area contributed by atoms with Crippen LogP contribution in [-0.4, -0.2) is 47.4 Å². The van der Waals surface area contributed by atoms with Crippen molar-refractivity contribution in [2.24, 2.45) is 17.6 Å². The lowest BCUT2D eigenvalue weighted by atomic mass is 9.79. The van der Waals surface area contributed by atoms with Gasteiger partial charge >= 0.3 is 13.1 Å². The summed E-state index contributed by atoms with van der Waals surface area (Å²) in [5, 5.41) is 29.4. The second-order valence-corrected chi connectivity index (χ2v) is 4.30. The first-order chi connectivity index (χ1) is 7.56. The molecule has 3 atom stereocenters. The van der Waals surface area contributed by atoms with Crippen LogP contribution in [0.4, 0.5) is 0 Å². The molecule has 0 aliphatic carbocycles. The van der Waals surface area contributed by atoms with E-state index in [1.807, 2.05) is 0 Å². The SMILES string of the molecule is NCC1CN[C@H](C(=O)O)C1CCCB(O)O. The van der Waals surface area contributed by atoms with E-state index in [-0.39, 0.29) is 18.2 Å². The highest BCUT2D eigenvalue weighted by molar-refractivity contribution is 6.40. The highest BCUT2D eigenvalue weighted by atomic mass is 16.4. The van der Waals surface area contributed by atoms with E-state index >= 15 is 0 Å². The summed E-state index contributed by atoms with van der Waals surface area (Å²) in [6.07, 6.45) is 1.54. The number of aliphatic carboxylic acids is 1. The number of nitrogens with one attached hydrogen (secondary N) is 1. The van der Waals surface area contributed by atoms with E-state index in [1.165, 1.54) is 0 Å². The summed E-state index contributed by atoms with van der Waals surface area (Å²) in [5.74, 6) is -0.705. The van der Waals surface area contributed by atoms with Gasteiger partial charge in [-0.05, 0) is 31.1 Å². The Kier molecular flexibility index (Phi) is 5.20. The van der Waals surface area contributed by atoms with Gasteiger partial charge in [0.05, 0.1) is 0 Å². The summed E-state index contributed by atoms with van der Waals surface area (Å²) in [7, 11) is -1.31. The van der Waals surface area contributed by atoms with Gasteiger partial charge in [0.25, 0.3) is 0 Å². The van der Waals surface area contributed by atoms with Crippen LogP contribution in [0.2, 0.25) is 6.32 Å². The van der Waals surface area contributed by atoms with Crippen molar-refractivity contribution in [2.45, 2.75) is 25.2 Å². The van der Waals surface area contributed by atoms with Gasteiger partial charge in [0, 0.05) is 6.54 Å². The number of hydrogen-bond donors (Lipinski definition) is 5. The maximum absolute atomic E-state index is 11.0. The summed E-state index contributed by atoms with van der Waals surface area (Å²) in [5.41, 5.74) is 5.59. The van der Waals surface area contributed by atoms with Crippen molar-refractivity contribution in [3.8, 4) is 0 Å². The Balaban J connectivity index is 2.46. The lowest BCUT2D eigenvalue weighted by molar-refractivity contribution is -0.140. The molecule has 6 N–H and O–H groups in total. The van der Waals surface area contributed by atoms with Crippen LogP contribution < -0.4 is 11.1 Å². The van der Waals surface area contributed by atoms with Crippen LogP contribution in [0, 0.1) is 11.8 Å². The molecule has 92 valence electrons. The van der Waals surface area contributed by atoms with Gasteiger partial charge in [0.2, 0.25) is 0 Å². The molecule has 2 unspecified atom stereocenters. The van der Waals surface area contributed by atoms with E-state index in [1.54, 1.807) is 0 Å². The second kappa shape index (κ2) is 6.19. The van der Waals surface area contributed by atoms with Gasteiger partial charge in [-0.1, -0.05) is 6.42 Å². The van der Waals surface area contributed by atoms with Crippen molar-refractivity contribution in [1.82, 2.24) is 5.32 Å². The topological polar surface area (TPSA) is 116 Å². The first-order valence-corrected chi connectivity index (χ1v) is 5.58. The van der Waals surface area contributed by atoms with Gasteiger partial charge < -0.3 is 26.2 Å². The summed E-state index contributed by atoms with van der Waals surface area (Å²) in [6, 6.07) is -0.551. The van der Waals surface area contributed by atoms with Gasteiger partial charge in [-0.15, -0.1) is 0 Å². The van der Waals surface area contributed by atoms with Gasteiger partial charge in [-0.25, -0.2) is 0 Å². The number of carboxylic acids is 1. The molecular weight excluding hydrogens is 211 g/mol. The minimum absolute atomic E-state index is 0.0127. The largest absolute Gasteiger partial charge is 0.480 e. The highest BCUT2D eigenvalue weighted by Crippen LogP contribution is 2.27. The second-order valence-electron chi connectivity index (χ2n) is 4.30. The normalized spacial score (nSPS) is 29.3. The molecule has 0 radical (unpaired) electrons. The average Bonchev–Trinajstić information content (AvgIpc) is 2.60. The monoisotopic (exact) mass is 230 g/mol. The molecule has 16 heavy (non-hydrogen) atoms. The molecule has 0 aromatic rings. The Bertz CT molecular complexity index is 240. The third-order valence-corrected chi connectivity index (χ3v) is 3.20. The maximum Gasteiger partial charge on any atom is 0.451 e. The Hall–Kier alpha value is -0.625. The van der Waals surface area contributed by atoms with E-state index in [9.17, 15) is 4.79 Å². The molecule has 0 aromatic heterocycles. The van der Waals surface area contributed by atoms with Crippen LogP contribution in [-0.2, 0) is 4.79 Å². The molecule has 1 fully saturated rings. The van der Waals surface area contributed by atoms with Crippen LogP contribution in [0.5, 0.6) is 0 Å². The van der Waals surface area contributed by atoms with E-state index in [4.69, 9.17) is 20.9 Å². The zero-order chi connectivity index (χ0) is 12.1. The highest BCUT2D eigenvalue weighted by Gasteiger charge is 2.38. The third-order valence-electron chi connectivity index (χ3n) is 3.20. The van der Waals surface area contributed by atoms with Crippen molar-refractivity contribution in [3.63, 3.8) is 0 Å². The predicted octanol–water partition coefficient (Wildman–Crippen LogP) is -1.51. The van der Waals surface area contributed by atoms with Crippen LogP contribution in [0.25, 0.3) is 0 Å². The lowest BCUT2D eigenvalue weighted by Crippen LogP contribution is -2.36. The molecule has 0 amide bonds. The minimum Gasteiger partial charge on any atom is -0.480 e. The fraction of sp³-hybridized carbons (Fsp3) is 0.889. The van der Waals surface area contributed by atoms with E-state index in [0.717, 1.165) is 0 Å². The van der Waals surface area contributed by atoms with Crippen LogP contribution in [0.15, 0.2) is 0 Å². The minimum atomic E-state index is -1.31. The molecule has 1 saturated heterocycles. The average molecular weight is 230 g/mol. The summed E-state index contributed by atoms with van der Waals surface area (Å²) in [6.45, 7) is 1.09. The zero-order valence-corrected chi connectivity index (χ0v) is 9.17. The molecule has 1 aliphatic heterocycles. The van der Waals surface area contributed by atoms with Crippen molar-refractivity contribution in [2.75, 3.05) is 13.1 Å². The number of rotatable bonds is 6. The van der Waals surface area contributed by atoms with Crippen LogP contribution in [0.3, 0.4) is 0 Å². The predicted molar refractivity (Wildman–Crippen MR) is 59.7 cm³/mol. The zero-order valence-electron chi connectivity index (χ0n) is 9.17. The summed E-state index contributed by atoms with van der Waals surface area (Å²) in [4.78, 5) is 11.0. The Morgan fingerprint density at radius 1 is 1.50 bits per heavy atom. The van der Waals surface area contributed by atoms with Gasteiger partial charge in [-0.3, -0.25) is 4.79 Å². The Labute approximate surface area is 95.0 Å². The molecule has 0 saturated carbocycles. The van der Waals surface area contributed by atoms with Crippen molar-refractivity contribution >= 4 is 13.1 Å². The number of carbonyl (C=O) groups is 1. The molecule has 0 spiro atoms. The first-order valence-electron chi connectivity index (χ1n) is 5.58. The van der Waals surface area contributed by atoms with Crippen molar-refractivity contribution in [1.29, 1.82) is 0 Å². The van der Waals surface area contributed by atoms with Gasteiger partial charge in [0.15, 0.2) is 0 Å². The Morgan fingerprint density at radius 3 is 2.69 bits per heavy atom. The summed E-state index contributed by atoms with van der Waals surface area (Å²) >= 11 is 0. The van der Waals surface area contributed by atoms with E-state index in [2.05, 4.69) is 5.32 Å². The number of nitrogens with two attached hydrogens (primary N) is 1. The lowest BCUT2D eigenvalue weighted by Gasteiger charge is -2.20. The standard InChI is InChI=1S/C9H19BN2O4/c11-4-6-5-12-8(9(13)14)7(6)2-1-3-10(15)16/h6-8,12,15-16H,1-5,11H2,(H,13,14)/t6?,7?,8-/m0/s1. The fourth-order valence-corrected chi connectivity index (χ4v) is 2.32. The number of carboxylic acid groups (broad SMARTS) is 1. The Morgan fingerprint density at radius 2 is 2.19 bits per heavy atom. The summed E-state index contributed by atoms with van der Waals surface area (Å²) < 4.78 is 0. The van der Waals surface area contributed by atoms with Gasteiger partial charge in [-0.2, -0.15) is 0 Å². The van der Waals surface area contributed by atoms with Crippen molar-refractivity contribution in [3.05, 3.63) is 0 Å². The van der Waals surface area contributed by atoms with E-state index in [0.29, 0.717) is 25.9 Å². The van der Waals surface area contributed by atoms with Crippen LogP contribution in [0.1, 0.15) is 12.8 Å². The third kappa shape index (κ3) is 3.45. The first kappa shape index (κ1) is 13.4. The number of hydrogen-bond acceptors (Lipinski definition) is 5. The van der Waals surface area contributed by atoms with Crippen molar-refractivity contribution < 1.29 is 19.9 Å². The maximum atomic E-state index is 11.0. The molecule has 6 nitrogen and oxygen atoms in total. The molecular formula is C9H19BN2O4. The molecule has 1 rings (SSSR count). The molecule has 1 aliphatic rings. The quantitative estimate of drug-likeness (QED) is 0.354. The molecule has 0 aromatic carbocycles. The van der Waals surface area contributed by atoms with E-state index < -0.39 is 19.1 Å². The van der Waals surface area contributed by atoms with Gasteiger partial charge in [0.1, 0.15) is 6.04 Å². The fourth-order valence-electron chi connectivity index (χ4n) is 2.32. The molecule has 7 heteroatoms.